The second-order valence-corrected chi connectivity index (χ2v) is 8.12. The molecule has 0 unspecified atom stereocenters. The van der Waals surface area contributed by atoms with Crippen LogP contribution < -0.4 is 20.3 Å². The van der Waals surface area contributed by atoms with Crippen LogP contribution in [0.5, 0.6) is 5.75 Å². The molecule has 166 valence electrons. The van der Waals surface area contributed by atoms with Gasteiger partial charge in [-0.1, -0.05) is 35.9 Å². The third-order valence-corrected chi connectivity index (χ3v) is 5.90. The van der Waals surface area contributed by atoms with E-state index in [0.717, 1.165) is 16.5 Å². The highest BCUT2D eigenvalue weighted by Crippen LogP contribution is 2.35. The quantitative estimate of drug-likeness (QED) is 0.371. The predicted octanol–water partition coefficient (Wildman–Crippen LogP) is 5.43. The fourth-order valence-electron chi connectivity index (χ4n) is 3.88. The summed E-state index contributed by atoms with van der Waals surface area (Å²) >= 11 is 6.25. The molecule has 8 heteroatoms. The standard InChI is InChI=1S/C25H21ClN4O3/c26-20-4-2-1-3-16(20)10-12-30-22-8-7-19(14-23(22)33-15-24(30)31)29-25(32)28-18-6-5-17-9-11-27-21(17)13-18/h1-9,11,13-14,27H,10,12,15H2,(H2,28,29,32). The molecule has 0 radical (unpaired) electrons. The molecule has 0 aliphatic carbocycles. The Bertz CT molecular complexity index is 1350. The van der Waals surface area contributed by atoms with Gasteiger partial charge in [-0.05, 0) is 53.8 Å². The molecule has 1 aromatic heterocycles. The van der Waals surface area contributed by atoms with Crippen LogP contribution in [0, 0.1) is 0 Å². The van der Waals surface area contributed by atoms with Crippen molar-refractivity contribution in [3.05, 3.63) is 83.5 Å². The number of hydrogen-bond donors (Lipinski definition) is 3. The van der Waals surface area contributed by atoms with Crippen molar-refractivity contribution in [1.29, 1.82) is 0 Å². The maximum absolute atomic E-state index is 12.5. The molecule has 0 spiro atoms. The number of carbonyl (C=O) groups excluding carboxylic acids is 2. The summed E-state index contributed by atoms with van der Waals surface area (Å²) in [5, 5.41) is 7.39. The van der Waals surface area contributed by atoms with Gasteiger partial charge in [0.25, 0.3) is 5.91 Å². The van der Waals surface area contributed by atoms with Crippen molar-refractivity contribution in [3.63, 3.8) is 0 Å². The Morgan fingerprint density at radius 3 is 2.67 bits per heavy atom. The van der Waals surface area contributed by atoms with Gasteiger partial charge in [0.15, 0.2) is 6.61 Å². The molecule has 0 bridgehead atoms. The molecule has 3 amide bonds. The van der Waals surface area contributed by atoms with E-state index >= 15 is 0 Å². The summed E-state index contributed by atoms with van der Waals surface area (Å²) in [6.07, 6.45) is 2.47. The minimum atomic E-state index is -0.372. The van der Waals surface area contributed by atoms with Gasteiger partial charge < -0.3 is 25.3 Å². The molecule has 0 atom stereocenters. The number of carbonyl (C=O) groups is 2. The van der Waals surface area contributed by atoms with Crippen LogP contribution in [-0.4, -0.2) is 30.1 Å². The molecule has 0 saturated heterocycles. The lowest BCUT2D eigenvalue weighted by Gasteiger charge is -2.30. The third kappa shape index (κ3) is 4.49. The summed E-state index contributed by atoms with van der Waals surface area (Å²) in [5.41, 5.74) is 3.83. The normalized spacial score (nSPS) is 12.9. The van der Waals surface area contributed by atoms with Gasteiger partial charge in [0.2, 0.25) is 0 Å². The van der Waals surface area contributed by atoms with Crippen molar-refractivity contribution in [2.45, 2.75) is 6.42 Å². The lowest BCUT2D eigenvalue weighted by Crippen LogP contribution is -2.40. The van der Waals surface area contributed by atoms with Crippen LogP contribution in [0.15, 0.2) is 72.9 Å². The minimum absolute atomic E-state index is 0.0542. The number of anilines is 3. The monoisotopic (exact) mass is 460 g/mol. The maximum atomic E-state index is 12.5. The van der Waals surface area contributed by atoms with Crippen molar-refractivity contribution in [2.24, 2.45) is 0 Å². The number of benzene rings is 3. The average molecular weight is 461 g/mol. The first-order valence-corrected chi connectivity index (χ1v) is 10.9. The highest BCUT2D eigenvalue weighted by molar-refractivity contribution is 6.31. The zero-order valence-electron chi connectivity index (χ0n) is 17.6. The van der Waals surface area contributed by atoms with Gasteiger partial charge in [-0.15, -0.1) is 0 Å². The number of urea groups is 1. The van der Waals surface area contributed by atoms with E-state index < -0.39 is 0 Å². The van der Waals surface area contributed by atoms with E-state index in [1.807, 2.05) is 54.7 Å². The summed E-state index contributed by atoms with van der Waals surface area (Å²) in [4.78, 5) is 29.8. The molecular formula is C25H21ClN4O3. The third-order valence-electron chi connectivity index (χ3n) is 5.54. The van der Waals surface area contributed by atoms with Gasteiger partial charge >= 0.3 is 6.03 Å². The van der Waals surface area contributed by atoms with Crippen molar-refractivity contribution >= 4 is 51.5 Å². The van der Waals surface area contributed by atoms with E-state index in [4.69, 9.17) is 16.3 Å². The number of aromatic nitrogens is 1. The highest BCUT2D eigenvalue weighted by Gasteiger charge is 2.26. The van der Waals surface area contributed by atoms with Crippen LogP contribution in [-0.2, 0) is 11.2 Å². The number of H-pyrrole nitrogens is 1. The van der Waals surface area contributed by atoms with Crippen LogP contribution in [0.2, 0.25) is 5.02 Å². The summed E-state index contributed by atoms with van der Waals surface area (Å²) in [7, 11) is 0. The zero-order chi connectivity index (χ0) is 22.8. The zero-order valence-corrected chi connectivity index (χ0v) is 18.4. The molecule has 3 aromatic carbocycles. The Kier molecular flexibility index (Phi) is 5.62. The molecular weight excluding hydrogens is 440 g/mol. The Morgan fingerprint density at radius 2 is 1.82 bits per heavy atom. The smallest absolute Gasteiger partial charge is 0.323 e. The molecule has 33 heavy (non-hydrogen) atoms. The number of aromatic amines is 1. The van der Waals surface area contributed by atoms with E-state index in [-0.39, 0.29) is 18.5 Å². The Hall–Kier alpha value is -3.97. The minimum Gasteiger partial charge on any atom is -0.481 e. The first kappa shape index (κ1) is 20.9. The lowest BCUT2D eigenvalue weighted by atomic mass is 10.1. The molecule has 0 saturated carbocycles. The van der Waals surface area contributed by atoms with E-state index in [2.05, 4.69) is 15.6 Å². The lowest BCUT2D eigenvalue weighted by molar-refractivity contribution is -0.121. The molecule has 5 rings (SSSR count). The fourth-order valence-corrected chi connectivity index (χ4v) is 4.11. The van der Waals surface area contributed by atoms with Crippen LogP contribution in [0.1, 0.15) is 5.56 Å². The van der Waals surface area contributed by atoms with Crippen LogP contribution in [0.25, 0.3) is 10.9 Å². The van der Waals surface area contributed by atoms with Crippen molar-refractivity contribution in [3.8, 4) is 5.75 Å². The van der Waals surface area contributed by atoms with E-state index in [0.29, 0.717) is 40.8 Å². The SMILES string of the molecule is O=C(Nc1ccc2c(c1)OCC(=O)N2CCc1ccccc1Cl)Nc1ccc2cc[nH]c2c1. The number of halogens is 1. The number of hydrogen-bond acceptors (Lipinski definition) is 3. The first-order chi connectivity index (χ1) is 16.1. The maximum Gasteiger partial charge on any atom is 0.323 e. The molecule has 4 aromatic rings. The molecule has 1 aliphatic heterocycles. The number of fused-ring (bicyclic) bond motifs is 2. The molecule has 1 aliphatic rings. The first-order valence-electron chi connectivity index (χ1n) is 10.5. The Morgan fingerprint density at radius 1 is 1.03 bits per heavy atom. The van der Waals surface area contributed by atoms with Crippen molar-refractivity contribution in [2.75, 3.05) is 28.7 Å². The van der Waals surface area contributed by atoms with E-state index in [9.17, 15) is 9.59 Å². The largest absolute Gasteiger partial charge is 0.481 e. The molecule has 2 heterocycles. The van der Waals surface area contributed by atoms with Crippen molar-refractivity contribution < 1.29 is 14.3 Å². The van der Waals surface area contributed by atoms with Gasteiger partial charge in [0, 0.05) is 40.7 Å². The number of amides is 3. The van der Waals surface area contributed by atoms with Crippen LogP contribution in [0.4, 0.5) is 21.9 Å². The summed E-state index contributed by atoms with van der Waals surface area (Å²) in [6, 6.07) is 20.1. The van der Waals surface area contributed by atoms with Gasteiger partial charge in [-0.25, -0.2) is 4.79 Å². The topological polar surface area (TPSA) is 86.5 Å². The summed E-state index contributed by atoms with van der Waals surface area (Å²) < 4.78 is 5.63. The number of nitrogens with one attached hydrogen (secondary N) is 3. The highest BCUT2D eigenvalue weighted by atomic mass is 35.5. The van der Waals surface area contributed by atoms with Gasteiger partial charge in [0.05, 0.1) is 5.69 Å². The second-order valence-electron chi connectivity index (χ2n) is 7.72. The fraction of sp³-hybridized carbons (Fsp3) is 0.120. The second kappa shape index (κ2) is 8.88. The molecule has 0 fully saturated rings. The Balaban J connectivity index is 1.27. The van der Waals surface area contributed by atoms with E-state index in [1.165, 1.54) is 0 Å². The Labute approximate surface area is 195 Å². The van der Waals surface area contributed by atoms with E-state index in [1.54, 1.807) is 23.1 Å². The molecule has 7 nitrogen and oxygen atoms in total. The summed E-state index contributed by atoms with van der Waals surface area (Å²) in [6.45, 7) is 0.425. The van der Waals surface area contributed by atoms with Gasteiger partial charge in [-0.2, -0.15) is 0 Å². The van der Waals surface area contributed by atoms with Crippen LogP contribution in [0.3, 0.4) is 0 Å². The van der Waals surface area contributed by atoms with Crippen LogP contribution >= 0.6 is 11.6 Å². The predicted molar refractivity (Wildman–Crippen MR) is 130 cm³/mol. The van der Waals surface area contributed by atoms with Crippen molar-refractivity contribution in [1.82, 2.24) is 4.98 Å². The van der Waals surface area contributed by atoms with Gasteiger partial charge in [-0.3, -0.25) is 4.79 Å². The number of nitrogens with zero attached hydrogens (tertiary/aromatic N) is 1. The average Bonchev–Trinajstić information content (AvgIpc) is 3.27. The number of ether oxygens (including phenoxy) is 1. The van der Waals surface area contributed by atoms with Gasteiger partial charge in [0.1, 0.15) is 5.75 Å². The number of rotatable bonds is 5. The summed E-state index contributed by atoms with van der Waals surface area (Å²) in [5.74, 6) is 0.423. The molecule has 3 N–H and O–H groups in total.